The summed E-state index contributed by atoms with van der Waals surface area (Å²) in [4.78, 5) is 5.49. The molecule has 0 radical (unpaired) electrons. The molecular formula is C17H25NO2S. The molecule has 2 fully saturated rings. The van der Waals surface area contributed by atoms with Crippen molar-refractivity contribution in [3.8, 4) is 0 Å². The van der Waals surface area contributed by atoms with Crippen LogP contribution in [0.15, 0.2) is 24.8 Å². The number of rotatable bonds is 6. The number of morpholine rings is 1. The van der Waals surface area contributed by atoms with E-state index in [4.69, 9.17) is 9.47 Å². The highest BCUT2D eigenvalue weighted by atomic mass is 32.1. The molecule has 1 saturated heterocycles. The van der Waals surface area contributed by atoms with Crippen LogP contribution in [0.5, 0.6) is 0 Å². The molecule has 116 valence electrons. The Hall–Kier alpha value is -0.680. The minimum Gasteiger partial charge on any atom is -0.377 e. The zero-order valence-electron chi connectivity index (χ0n) is 12.8. The molecule has 21 heavy (non-hydrogen) atoms. The molecule has 2 aliphatic rings. The third-order valence-electron chi connectivity index (χ3n) is 4.49. The van der Waals surface area contributed by atoms with Gasteiger partial charge in [0.2, 0.25) is 0 Å². The summed E-state index contributed by atoms with van der Waals surface area (Å²) in [5.41, 5.74) is 0. The van der Waals surface area contributed by atoms with Crippen LogP contribution in [0.25, 0.3) is 0 Å². The molecule has 1 aliphatic carbocycles. The normalized spacial score (nSPS) is 29.5. The average molecular weight is 307 g/mol. The molecule has 1 saturated carbocycles. The molecule has 0 N–H and O–H groups in total. The van der Waals surface area contributed by atoms with Crippen molar-refractivity contribution in [2.75, 3.05) is 26.4 Å². The van der Waals surface area contributed by atoms with Crippen LogP contribution >= 0.6 is 11.3 Å². The summed E-state index contributed by atoms with van der Waals surface area (Å²) in [5, 5.41) is 0. The summed E-state index contributed by atoms with van der Waals surface area (Å²) >= 11 is 1.91. The van der Waals surface area contributed by atoms with Crippen LogP contribution in [-0.4, -0.2) is 43.4 Å². The first kappa shape index (κ1) is 15.2. The number of hydrogen-bond donors (Lipinski definition) is 0. The maximum absolute atomic E-state index is 6.00. The summed E-state index contributed by atoms with van der Waals surface area (Å²) in [6, 6.07) is 5.06. The number of nitrogens with zero attached hydrogens (tertiary/aromatic N) is 1. The second-order valence-corrected chi connectivity index (χ2v) is 7.50. The lowest BCUT2D eigenvalue weighted by molar-refractivity contribution is -0.0587. The summed E-state index contributed by atoms with van der Waals surface area (Å²) in [6.45, 7) is 10.4. The molecule has 0 amide bonds. The third kappa shape index (κ3) is 3.75. The number of aryl methyl sites for hydroxylation is 1. The minimum atomic E-state index is 0.400. The molecule has 0 aromatic carbocycles. The summed E-state index contributed by atoms with van der Waals surface area (Å²) in [5.74, 6) is 0.630. The molecule has 3 atom stereocenters. The van der Waals surface area contributed by atoms with Crippen molar-refractivity contribution in [3.05, 3.63) is 34.5 Å². The van der Waals surface area contributed by atoms with Crippen LogP contribution in [0, 0.1) is 12.8 Å². The Balaban J connectivity index is 1.57. The van der Waals surface area contributed by atoms with E-state index in [1.165, 1.54) is 16.2 Å². The summed E-state index contributed by atoms with van der Waals surface area (Å²) in [6.07, 6.45) is 4.56. The van der Waals surface area contributed by atoms with Crippen LogP contribution in [0.1, 0.15) is 22.6 Å². The quantitative estimate of drug-likeness (QED) is 0.595. The fourth-order valence-corrected chi connectivity index (χ4v) is 4.46. The summed E-state index contributed by atoms with van der Waals surface area (Å²) < 4.78 is 11.6. The highest BCUT2D eigenvalue weighted by Gasteiger charge is 2.40. The number of fused-ring (bicyclic) bond motifs is 1. The van der Waals surface area contributed by atoms with E-state index in [0.717, 1.165) is 32.7 Å². The van der Waals surface area contributed by atoms with Crippen LogP contribution < -0.4 is 0 Å². The average Bonchev–Trinajstić information content (AvgIpc) is 3.06. The fourth-order valence-electron chi connectivity index (χ4n) is 3.55. The highest BCUT2D eigenvalue weighted by molar-refractivity contribution is 7.11. The van der Waals surface area contributed by atoms with Gasteiger partial charge in [-0.05, 0) is 37.8 Å². The van der Waals surface area contributed by atoms with E-state index in [9.17, 15) is 0 Å². The van der Waals surface area contributed by atoms with Gasteiger partial charge in [-0.25, -0.2) is 0 Å². The molecule has 0 bridgehead atoms. The van der Waals surface area contributed by atoms with Crippen molar-refractivity contribution in [1.29, 1.82) is 0 Å². The molecule has 3 nitrogen and oxygen atoms in total. The van der Waals surface area contributed by atoms with Gasteiger partial charge in [0.1, 0.15) is 0 Å². The van der Waals surface area contributed by atoms with E-state index >= 15 is 0 Å². The van der Waals surface area contributed by atoms with Crippen LogP contribution in [-0.2, 0) is 16.0 Å². The lowest BCUT2D eigenvalue weighted by Crippen LogP contribution is -2.47. The van der Waals surface area contributed by atoms with Gasteiger partial charge in [0, 0.05) is 35.5 Å². The zero-order valence-corrected chi connectivity index (χ0v) is 13.6. The maximum atomic E-state index is 6.00. The standard InChI is InChI=1S/C17H25NO2S/c1-3-7-19-12-14-9-16-17(10-14)20-8-6-18(16)11-15-5-4-13(2)21-15/h3-5,14,16-17H,1,6-12H2,2H3/t14-,16+,17+/m0/s1. The second-order valence-electron chi connectivity index (χ2n) is 6.12. The Morgan fingerprint density at radius 1 is 1.48 bits per heavy atom. The van der Waals surface area contributed by atoms with E-state index in [1.807, 2.05) is 17.4 Å². The van der Waals surface area contributed by atoms with Crippen molar-refractivity contribution < 1.29 is 9.47 Å². The van der Waals surface area contributed by atoms with Crippen molar-refractivity contribution >= 4 is 11.3 Å². The number of hydrogen-bond acceptors (Lipinski definition) is 4. The lowest BCUT2D eigenvalue weighted by atomic mass is 10.1. The van der Waals surface area contributed by atoms with Gasteiger partial charge in [0.25, 0.3) is 0 Å². The van der Waals surface area contributed by atoms with Crippen LogP contribution in [0.2, 0.25) is 0 Å². The molecule has 1 aliphatic heterocycles. The van der Waals surface area contributed by atoms with E-state index in [2.05, 4.69) is 30.5 Å². The van der Waals surface area contributed by atoms with E-state index < -0.39 is 0 Å². The molecule has 1 aromatic rings. The molecule has 3 rings (SSSR count). The molecular weight excluding hydrogens is 282 g/mol. The zero-order chi connectivity index (χ0) is 14.7. The van der Waals surface area contributed by atoms with Gasteiger partial charge in [-0.3, -0.25) is 4.90 Å². The monoisotopic (exact) mass is 307 g/mol. The van der Waals surface area contributed by atoms with Crippen molar-refractivity contribution in [1.82, 2.24) is 4.90 Å². The Labute approximate surface area is 131 Å². The highest BCUT2D eigenvalue weighted by Crippen LogP contribution is 2.35. The first-order valence-electron chi connectivity index (χ1n) is 7.86. The first-order valence-corrected chi connectivity index (χ1v) is 8.67. The summed E-state index contributed by atoms with van der Waals surface area (Å²) in [7, 11) is 0. The van der Waals surface area contributed by atoms with Crippen molar-refractivity contribution in [2.45, 2.75) is 38.5 Å². The van der Waals surface area contributed by atoms with Gasteiger partial charge < -0.3 is 9.47 Å². The largest absolute Gasteiger partial charge is 0.377 e. The fraction of sp³-hybridized carbons (Fsp3) is 0.647. The van der Waals surface area contributed by atoms with Gasteiger partial charge in [-0.1, -0.05) is 6.08 Å². The predicted octanol–water partition coefficient (Wildman–Crippen LogP) is 3.24. The van der Waals surface area contributed by atoms with Gasteiger partial charge in [-0.15, -0.1) is 17.9 Å². The predicted molar refractivity (Wildman–Crippen MR) is 86.7 cm³/mol. The molecule has 1 aromatic heterocycles. The van der Waals surface area contributed by atoms with Crippen molar-refractivity contribution in [2.24, 2.45) is 5.92 Å². The smallest absolute Gasteiger partial charge is 0.0734 e. The first-order chi connectivity index (χ1) is 10.3. The second kappa shape index (κ2) is 7.05. The topological polar surface area (TPSA) is 21.7 Å². The van der Waals surface area contributed by atoms with Crippen LogP contribution in [0.3, 0.4) is 0 Å². The Morgan fingerprint density at radius 2 is 2.38 bits per heavy atom. The Kier molecular flexibility index (Phi) is 5.11. The van der Waals surface area contributed by atoms with E-state index in [-0.39, 0.29) is 0 Å². The number of ether oxygens (including phenoxy) is 2. The molecule has 4 heteroatoms. The maximum Gasteiger partial charge on any atom is 0.0734 e. The molecule has 2 heterocycles. The lowest BCUT2D eigenvalue weighted by Gasteiger charge is -2.37. The van der Waals surface area contributed by atoms with Gasteiger partial charge >= 0.3 is 0 Å². The SMILES string of the molecule is C=CCOC[C@H]1C[C@@H]2[C@@H](C1)OCCN2Cc1ccc(C)s1. The molecule has 0 spiro atoms. The van der Waals surface area contributed by atoms with Crippen molar-refractivity contribution in [3.63, 3.8) is 0 Å². The van der Waals surface area contributed by atoms with Crippen LogP contribution in [0.4, 0.5) is 0 Å². The van der Waals surface area contributed by atoms with Gasteiger partial charge in [0.05, 0.1) is 19.3 Å². The minimum absolute atomic E-state index is 0.400. The number of thiophene rings is 1. The van der Waals surface area contributed by atoms with E-state index in [0.29, 0.717) is 24.7 Å². The molecule has 0 unspecified atom stereocenters. The third-order valence-corrected chi connectivity index (χ3v) is 5.48. The van der Waals surface area contributed by atoms with Gasteiger partial charge in [0.15, 0.2) is 0 Å². The Bertz CT molecular complexity index is 473. The van der Waals surface area contributed by atoms with Gasteiger partial charge in [-0.2, -0.15) is 0 Å². The van der Waals surface area contributed by atoms with E-state index in [1.54, 1.807) is 0 Å². The Morgan fingerprint density at radius 3 is 3.14 bits per heavy atom.